The Morgan fingerprint density at radius 1 is 1.16 bits per heavy atom. The van der Waals surface area contributed by atoms with E-state index in [2.05, 4.69) is 15.3 Å². The molecule has 0 aliphatic rings. The van der Waals surface area contributed by atoms with Crippen LogP contribution in [0.4, 0.5) is 14.5 Å². The van der Waals surface area contributed by atoms with Gasteiger partial charge in [0, 0.05) is 36.4 Å². The molecule has 0 unspecified atom stereocenters. The molecule has 2 N–H and O–H groups in total. The summed E-state index contributed by atoms with van der Waals surface area (Å²) in [5.41, 5.74) is 2.06. The van der Waals surface area contributed by atoms with Crippen molar-refractivity contribution in [3.8, 4) is 0 Å². The molecule has 0 bridgehead atoms. The maximum atomic E-state index is 13.8. The van der Waals surface area contributed by atoms with Crippen molar-refractivity contribution >= 4 is 27.6 Å². The third-order valence-corrected chi connectivity index (χ3v) is 4.10. The van der Waals surface area contributed by atoms with E-state index in [1.807, 2.05) is 24.3 Å². The zero-order chi connectivity index (χ0) is 17.4. The molecule has 25 heavy (non-hydrogen) atoms. The minimum absolute atomic E-state index is 0.107. The summed E-state index contributed by atoms with van der Waals surface area (Å²) in [5, 5.41) is 3.49. The fraction of sp³-hybridized carbons (Fsp3) is 0.111. The van der Waals surface area contributed by atoms with Gasteiger partial charge in [-0.25, -0.2) is 13.6 Å². The van der Waals surface area contributed by atoms with E-state index < -0.39 is 11.6 Å². The first-order valence-electron chi connectivity index (χ1n) is 7.78. The molecule has 126 valence electrons. The lowest BCUT2D eigenvalue weighted by Gasteiger charge is -2.10. The van der Waals surface area contributed by atoms with Crippen molar-refractivity contribution in [3.05, 3.63) is 70.8 Å². The van der Waals surface area contributed by atoms with Crippen LogP contribution in [0.5, 0.6) is 0 Å². The van der Waals surface area contributed by atoms with E-state index in [9.17, 15) is 13.6 Å². The monoisotopic (exact) mass is 340 g/mol. The number of nitrogens with one attached hydrogen (secondary N) is 2. The quantitative estimate of drug-likeness (QED) is 0.599. The van der Waals surface area contributed by atoms with Gasteiger partial charge in [0.2, 0.25) is 0 Å². The Morgan fingerprint density at radius 2 is 2.00 bits per heavy atom. The standard InChI is InChI=1S/C18H14F2N4O/c19-11-9-12-14(5-6-22-17(12)13(20)10-11)21-7-8-24-16-4-2-1-3-15(16)23-18(24)25/h1-6,9-10H,7-8H2,(H,21,22)(H,23,25). The van der Waals surface area contributed by atoms with E-state index in [0.29, 0.717) is 24.2 Å². The van der Waals surface area contributed by atoms with Gasteiger partial charge in [-0.15, -0.1) is 0 Å². The molecule has 4 aromatic rings. The Kier molecular flexibility index (Phi) is 3.68. The lowest BCUT2D eigenvalue weighted by molar-refractivity contribution is 0.590. The van der Waals surface area contributed by atoms with Crippen LogP contribution < -0.4 is 11.0 Å². The lowest BCUT2D eigenvalue weighted by Crippen LogP contribution is -2.21. The van der Waals surface area contributed by atoms with Crippen LogP contribution >= 0.6 is 0 Å². The second kappa shape index (κ2) is 6.01. The summed E-state index contributed by atoms with van der Waals surface area (Å²) >= 11 is 0. The molecular formula is C18H14F2N4O. The van der Waals surface area contributed by atoms with Gasteiger partial charge in [-0.1, -0.05) is 12.1 Å². The van der Waals surface area contributed by atoms with E-state index >= 15 is 0 Å². The second-order valence-electron chi connectivity index (χ2n) is 5.67. The Morgan fingerprint density at radius 3 is 2.88 bits per heavy atom. The number of aromatic amines is 1. The molecule has 0 aliphatic carbocycles. The third-order valence-electron chi connectivity index (χ3n) is 4.10. The molecule has 0 fully saturated rings. The van der Waals surface area contributed by atoms with Crippen LogP contribution in [-0.2, 0) is 6.54 Å². The number of para-hydroxylation sites is 2. The topological polar surface area (TPSA) is 62.7 Å². The maximum absolute atomic E-state index is 13.8. The van der Waals surface area contributed by atoms with Crippen LogP contribution in [0.1, 0.15) is 0 Å². The first kappa shape index (κ1) is 15.3. The minimum Gasteiger partial charge on any atom is -0.383 e. The molecule has 0 amide bonds. The van der Waals surface area contributed by atoms with Gasteiger partial charge in [0.05, 0.1) is 11.0 Å². The highest BCUT2D eigenvalue weighted by Gasteiger charge is 2.10. The van der Waals surface area contributed by atoms with E-state index in [1.165, 1.54) is 12.3 Å². The average molecular weight is 340 g/mol. The summed E-state index contributed by atoms with van der Waals surface area (Å²) < 4.78 is 28.9. The van der Waals surface area contributed by atoms with Crippen molar-refractivity contribution in [2.24, 2.45) is 0 Å². The molecule has 0 spiro atoms. The smallest absolute Gasteiger partial charge is 0.326 e. The normalized spacial score (nSPS) is 11.3. The zero-order valence-electron chi connectivity index (χ0n) is 13.1. The fourth-order valence-corrected chi connectivity index (χ4v) is 2.96. The molecule has 4 rings (SSSR count). The van der Waals surface area contributed by atoms with Crippen molar-refractivity contribution in [1.29, 1.82) is 0 Å². The molecular weight excluding hydrogens is 326 g/mol. The SMILES string of the molecule is O=c1[nH]c2ccccc2n1CCNc1ccnc2c(F)cc(F)cc12. The maximum Gasteiger partial charge on any atom is 0.326 e. The predicted molar refractivity (Wildman–Crippen MR) is 92.7 cm³/mol. The molecule has 0 saturated heterocycles. The molecule has 0 atom stereocenters. The average Bonchev–Trinajstić information content (AvgIpc) is 2.91. The Hall–Kier alpha value is -3.22. The van der Waals surface area contributed by atoms with Gasteiger partial charge in [-0.05, 0) is 24.3 Å². The van der Waals surface area contributed by atoms with E-state index in [-0.39, 0.29) is 11.2 Å². The summed E-state index contributed by atoms with van der Waals surface area (Å²) in [5.74, 6) is -1.36. The van der Waals surface area contributed by atoms with Crippen LogP contribution in [0, 0.1) is 11.6 Å². The van der Waals surface area contributed by atoms with Gasteiger partial charge in [0.15, 0.2) is 5.82 Å². The first-order valence-corrected chi connectivity index (χ1v) is 7.78. The lowest BCUT2D eigenvalue weighted by atomic mass is 10.1. The van der Waals surface area contributed by atoms with Gasteiger partial charge in [-0.2, -0.15) is 0 Å². The molecule has 5 nitrogen and oxygen atoms in total. The number of hydrogen-bond acceptors (Lipinski definition) is 3. The number of pyridine rings is 1. The zero-order valence-corrected chi connectivity index (χ0v) is 13.1. The number of hydrogen-bond donors (Lipinski definition) is 2. The number of imidazole rings is 1. The summed E-state index contributed by atoms with van der Waals surface area (Å²) in [7, 11) is 0. The highest BCUT2D eigenvalue weighted by atomic mass is 19.1. The van der Waals surface area contributed by atoms with Crippen LogP contribution in [-0.4, -0.2) is 21.1 Å². The molecule has 0 saturated carbocycles. The summed E-state index contributed by atoms with van der Waals surface area (Å²) in [6.45, 7) is 0.823. The number of aromatic nitrogens is 3. The number of nitrogens with zero attached hydrogens (tertiary/aromatic N) is 2. The summed E-state index contributed by atoms with van der Waals surface area (Å²) in [6, 6.07) is 11.1. The third kappa shape index (κ3) is 2.73. The van der Waals surface area contributed by atoms with Crippen molar-refractivity contribution < 1.29 is 8.78 Å². The van der Waals surface area contributed by atoms with Crippen molar-refractivity contribution in [1.82, 2.24) is 14.5 Å². The summed E-state index contributed by atoms with van der Waals surface area (Å²) in [4.78, 5) is 18.8. The number of H-pyrrole nitrogens is 1. The first-order chi connectivity index (χ1) is 12.1. The van der Waals surface area contributed by atoms with E-state index in [0.717, 1.165) is 17.1 Å². The minimum atomic E-state index is -0.702. The van der Waals surface area contributed by atoms with Gasteiger partial charge >= 0.3 is 5.69 Å². The highest BCUT2D eigenvalue weighted by molar-refractivity contribution is 5.91. The van der Waals surface area contributed by atoms with Crippen molar-refractivity contribution in [2.75, 3.05) is 11.9 Å². The van der Waals surface area contributed by atoms with Gasteiger partial charge in [-0.3, -0.25) is 9.55 Å². The van der Waals surface area contributed by atoms with E-state index in [4.69, 9.17) is 0 Å². The highest BCUT2D eigenvalue weighted by Crippen LogP contribution is 2.24. The van der Waals surface area contributed by atoms with Crippen molar-refractivity contribution in [3.63, 3.8) is 0 Å². The van der Waals surface area contributed by atoms with Crippen LogP contribution in [0.2, 0.25) is 0 Å². The Balaban J connectivity index is 1.61. The van der Waals surface area contributed by atoms with Crippen molar-refractivity contribution in [2.45, 2.75) is 6.54 Å². The molecule has 2 aromatic heterocycles. The number of rotatable bonds is 4. The van der Waals surface area contributed by atoms with Gasteiger partial charge in [0.1, 0.15) is 11.3 Å². The summed E-state index contributed by atoms with van der Waals surface area (Å²) in [6.07, 6.45) is 1.46. The predicted octanol–water partition coefficient (Wildman–Crippen LogP) is 3.27. The second-order valence-corrected chi connectivity index (χ2v) is 5.67. The van der Waals surface area contributed by atoms with Gasteiger partial charge < -0.3 is 10.3 Å². The fourth-order valence-electron chi connectivity index (χ4n) is 2.96. The molecule has 0 radical (unpaired) electrons. The molecule has 2 aromatic carbocycles. The van der Waals surface area contributed by atoms with Crippen LogP contribution in [0.25, 0.3) is 21.9 Å². The molecule has 0 aliphatic heterocycles. The molecule has 2 heterocycles. The van der Waals surface area contributed by atoms with Crippen LogP contribution in [0.15, 0.2) is 53.5 Å². The van der Waals surface area contributed by atoms with Gasteiger partial charge in [0.25, 0.3) is 0 Å². The van der Waals surface area contributed by atoms with E-state index in [1.54, 1.807) is 10.6 Å². The van der Waals surface area contributed by atoms with Crippen LogP contribution in [0.3, 0.4) is 0 Å². The number of fused-ring (bicyclic) bond motifs is 2. The largest absolute Gasteiger partial charge is 0.383 e. The molecule has 7 heteroatoms. The number of benzene rings is 2. The number of anilines is 1. The Bertz CT molecular complexity index is 1130. The Labute approximate surface area is 140 Å². The number of halogens is 2.